The number of amides is 2. The lowest BCUT2D eigenvalue weighted by atomic mass is 9.96. The number of nitrogens with two attached hydrogens (primary N) is 1. The normalized spacial score (nSPS) is 22.9. The third kappa shape index (κ3) is 5.34. The van der Waals surface area contributed by atoms with Gasteiger partial charge in [-0.2, -0.15) is 0 Å². The van der Waals surface area contributed by atoms with Gasteiger partial charge in [-0.3, -0.25) is 14.4 Å². The summed E-state index contributed by atoms with van der Waals surface area (Å²) in [5.74, 6) is -1.89. The van der Waals surface area contributed by atoms with E-state index in [9.17, 15) is 14.4 Å². The van der Waals surface area contributed by atoms with Crippen LogP contribution in [0, 0.1) is 17.8 Å². The van der Waals surface area contributed by atoms with E-state index in [1.807, 2.05) is 13.8 Å². The van der Waals surface area contributed by atoms with Crippen molar-refractivity contribution in [2.75, 3.05) is 13.1 Å². The number of hydrogen-bond acceptors (Lipinski definition) is 4. The lowest BCUT2D eigenvalue weighted by Crippen LogP contribution is -2.47. The highest BCUT2D eigenvalue weighted by molar-refractivity contribution is 5.87. The molecule has 0 saturated heterocycles. The fourth-order valence-corrected chi connectivity index (χ4v) is 2.50. The van der Waals surface area contributed by atoms with E-state index >= 15 is 0 Å². The van der Waals surface area contributed by atoms with Gasteiger partial charge in [0.1, 0.15) is 0 Å². The van der Waals surface area contributed by atoms with Crippen LogP contribution in [0.1, 0.15) is 33.1 Å². The smallest absolute Gasteiger partial charge is 0.306 e. The number of rotatable bonds is 7. The molecule has 5 N–H and O–H groups in total. The van der Waals surface area contributed by atoms with Crippen LogP contribution in [0.2, 0.25) is 0 Å². The predicted molar refractivity (Wildman–Crippen MR) is 77.3 cm³/mol. The quantitative estimate of drug-likeness (QED) is 0.514. The first-order valence-electron chi connectivity index (χ1n) is 7.35. The second kappa shape index (κ2) is 7.97. The van der Waals surface area contributed by atoms with Crippen molar-refractivity contribution in [2.24, 2.45) is 23.5 Å². The molecule has 0 heterocycles. The van der Waals surface area contributed by atoms with Gasteiger partial charge in [0.2, 0.25) is 11.8 Å². The molecule has 1 rings (SSSR count). The first-order valence-corrected chi connectivity index (χ1v) is 7.35. The van der Waals surface area contributed by atoms with E-state index in [0.717, 1.165) is 12.8 Å². The summed E-state index contributed by atoms with van der Waals surface area (Å²) in [6.07, 6.45) is 2.34. The van der Waals surface area contributed by atoms with Gasteiger partial charge < -0.3 is 21.5 Å². The highest BCUT2D eigenvalue weighted by Gasteiger charge is 2.32. The van der Waals surface area contributed by atoms with Gasteiger partial charge in [0.05, 0.1) is 18.5 Å². The Morgan fingerprint density at radius 2 is 1.90 bits per heavy atom. The summed E-state index contributed by atoms with van der Waals surface area (Å²) in [5, 5.41) is 14.2. The van der Waals surface area contributed by atoms with E-state index in [0.29, 0.717) is 13.0 Å². The van der Waals surface area contributed by atoms with Gasteiger partial charge in [-0.05, 0) is 24.7 Å². The van der Waals surface area contributed by atoms with Crippen LogP contribution in [0.15, 0.2) is 0 Å². The first-order chi connectivity index (χ1) is 9.82. The van der Waals surface area contributed by atoms with Gasteiger partial charge in [0.15, 0.2) is 0 Å². The summed E-state index contributed by atoms with van der Waals surface area (Å²) in [6, 6.07) is -0.635. The third-order valence-corrected chi connectivity index (χ3v) is 3.98. The molecule has 21 heavy (non-hydrogen) atoms. The van der Waals surface area contributed by atoms with Crippen LogP contribution in [0.25, 0.3) is 0 Å². The summed E-state index contributed by atoms with van der Waals surface area (Å²) in [7, 11) is 0. The third-order valence-electron chi connectivity index (χ3n) is 3.98. The Morgan fingerprint density at radius 1 is 1.24 bits per heavy atom. The van der Waals surface area contributed by atoms with Gasteiger partial charge >= 0.3 is 5.97 Å². The maximum atomic E-state index is 11.7. The average molecular weight is 299 g/mol. The van der Waals surface area contributed by atoms with E-state index in [2.05, 4.69) is 10.6 Å². The molecule has 1 aliphatic carbocycles. The number of carboxylic acid groups (broad SMARTS) is 1. The number of nitrogens with one attached hydrogen (secondary N) is 2. The largest absolute Gasteiger partial charge is 0.481 e. The Morgan fingerprint density at radius 3 is 2.48 bits per heavy atom. The molecule has 0 bridgehead atoms. The van der Waals surface area contributed by atoms with E-state index in [-0.39, 0.29) is 36.1 Å². The molecule has 3 atom stereocenters. The Bertz CT molecular complexity index is 398. The van der Waals surface area contributed by atoms with Crippen molar-refractivity contribution >= 4 is 17.8 Å². The van der Waals surface area contributed by atoms with Crippen LogP contribution >= 0.6 is 0 Å². The number of carbonyl (C=O) groups is 3. The van der Waals surface area contributed by atoms with Crippen molar-refractivity contribution in [1.82, 2.24) is 10.6 Å². The molecule has 7 heteroatoms. The maximum absolute atomic E-state index is 11.7. The molecule has 1 saturated carbocycles. The zero-order valence-electron chi connectivity index (χ0n) is 12.6. The Kier molecular flexibility index (Phi) is 6.61. The zero-order valence-corrected chi connectivity index (χ0v) is 12.6. The first kappa shape index (κ1) is 17.4. The van der Waals surface area contributed by atoms with Gasteiger partial charge in [0.25, 0.3) is 0 Å². The molecule has 0 aromatic rings. The fourth-order valence-electron chi connectivity index (χ4n) is 2.50. The van der Waals surface area contributed by atoms with Crippen LogP contribution in [-0.4, -0.2) is 42.0 Å². The van der Waals surface area contributed by atoms with E-state index < -0.39 is 12.0 Å². The molecule has 0 spiro atoms. The summed E-state index contributed by atoms with van der Waals surface area (Å²) < 4.78 is 0. The molecular weight excluding hydrogens is 274 g/mol. The van der Waals surface area contributed by atoms with Gasteiger partial charge in [-0.1, -0.05) is 20.3 Å². The van der Waals surface area contributed by atoms with Crippen molar-refractivity contribution in [3.05, 3.63) is 0 Å². The zero-order chi connectivity index (χ0) is 16.0. The van der Waals surface area contributed by atoms with Crippen LogP contribution < -0.4 is 16.4 Å². The Balaban J connectivity index is 2.28. The van der Waals surface area contributed by atoms with E-state index in [4.69, 9.17) is 10.8 Å². The highest BCUT2D eigenvalue weighted by Crippen LogP contribution is 2.31. The second-order valence-electron chi connectivity index (χ2n) is 5.93. The van der Waals surface area contributed by atoms with E-state index in [1.54, 1.807) is 0 Å². The minimum absolute atomic E-state index is 0.00266. The maximum Gasteiger partial charge on any atom is 0.306 e. The predicted octanol–water partition coefficient (Wildman–Crippen LogP) is -0.297. The van der Waals surface area contributed by atoms with Crippen molar-refractivity contribution < 1.29 is 19.5 Å². The number of hydrogen-bond donors (Lipinski definition) is 4. The Labute approximate surface area is 124 Å². The molecule has 2 amide bonds. The molecule has 1 fully saturated rings. The van der Waals surface area contributed by atoms with Gasteiger partial charge in [-0.15, -0.1) is 0 Å². The monoisotopic (exact) mass is 299 g/mol. The summed E-state index contributed by atoms with van der Waals surface area (Å²) >= 11 is 0. The lowest BCUT2D eigenvalue weighted by Gasteiger charge is -2.17. The van der Waals surface area contributed by atoms with Crippen molar-refractivity contribution in [2.45, 2.75) is 39.2 Å². The SMILES string of the molecule is CC(C)[C@H](N)C(=O)NCC(=O)NCC1CCCC1C(=O)O. The van der Waals surface area contributed by atoms with Crippen molar-refractivity contribution in [3.8, 4) is 0 Å². The van der Waals surface area contributed by atoms with Gasteiger partial charge in [-0.25, -0.2) is 0 Å². The summed E-state index contributed by atoms with van der Waals surface area (Å²) in [6.45, 7) is 3.86. The minimum atomic E-state index is -0.803. The van der Waals surface area contributed by atoms with E-state index in [1.165, 1.54) is 0 Å². The fraction of sp³-hybridized carbons (Fsp3) is 0.786. The topological polar surface area (TPSA) is 122 Å². The van der Waals surface area contributed by atoms with Crippen LogP contribution in [0.5, 0.6) is 0 Å². The number of carbonyl (C=O) groups excluding carboxylic acids is 2. The van der Waals surface area contributed by atoms with Crippen LogP contribution in [0.3, 0.4) is 0 Å². The highest BCUT2D eigenvalue weighted by atomic mass is 16.4. The molecule has 0 aromatic heterocycles. The van der Waals surface area contributed by atoms with Gasteiger partial charge in [0, 0.05) is 6.54 Å². The summed E-state index contributed by atoms with van der Waals surface area (Å²) in [4.78, 5) is 34.3. The van der Waals surface area contributed by atoms with Crippen molar-refractivity contribution in [1.29, 1.82) is 0 Å². The lowest BCUT2D eigenvalue weighted by molar-refractivity contribution is -0.143. The minimum Gasteiger partial charge on any atom is -0.481 e. The standard InChI is InChI=1S/C14H25N3O4/c1-8(2)12(15)13(19)17-7-11(18)16-6-9-4-3-5-10(9)14(20)21/h8-10,12H,3-7,15H2,1-2H3,(H,16,18)(H,17,19)(H,20,21)/t9?,10?,12-/m0/s1. The number of aliphatic carboxylic acids is 1. The number of carboxylic acids is 1. The second-order valence-corrected chi connectivity index (χ2v) is 5.93. The van der Waals surface area contributed by atoms with Crippen LogP contribution in [0.4, 0.5) is 0 Å². The molecule has 0 aliphatic heterocycles. The summed E-state index contributed by atoms with van der Waals surface area (Å²) in [5.41, 5.74) is 5.66. The molecule has 120 valence electrons. The van der Waals surface area contributed by atoms with Crippen molar-refractivity contribution in [3.63, 3.8) is 0 Å². The molecule has 7 nitrogen and oxygen atoms in total. The Hall–Kier alpha value is -1.63. The molecule has 1 aliphatic rings. The molecular formula is C14H25N3O4. The molecule has 2 unspecified atom stereocenters. The molecule has 0 aromatic carbocycles. The average Bonchev–Trinajstić information content (AvgIpc) is 2.90. The van der Waals surface area contributed by atoms with Crippen LogP contribution in [-0.2, 0) is 14.4 Å². The molecule has 0 radical (unpaired) electrons.